The molecule has 4 nitrogen and oxygen atoms in total. The van der Waals surface area contributed by atoms with Gasteiger partial charge in [-0.2, -0.15) is 0 Å². The maximum absolute atomic E-state index is 5.92. The minimum Gasteiger partial charge on any atom is -0.496 e. The Labute approximate surface area is 125 Å². The second kappa shape index (κ2) is 6.88. The Hall–Kier alpha value is -2.36. The van der Waals surface area contributed by atoms with E-state index in [1.54, 1.807) is 7.11 Å². The smallest absolute Gasteiger partial charge is 0.123 e. The average molecular weight is 286 g/mol. The van der Waals surface area contributed by atoms with Gasteiger partial charge >= 0.3 is 0 Å². The van der Waals surface area contributed by atoms with Crippen LogP contribution in [0.5, 0.6) is 11.5 Å². The zero-order valence-electron chi connectivity index (χ0n) is 12.8. The molecule has 0 atom stereocenters. The predicted octanol–water partition coefficient (Wildman–Crippen LogP) is 4.12. The van der Waals surface area contributed by atoms with Gasteiger partial charge in [0.1, 0.15) is 11.5 Å². The Kier molecular flexibility index (Phi) is 4.93. The van der Waals surface area contributed by atoms with Crippen LogP contribution < -0.4 is 20.5 Å². The number of aryl methyl sites for hydroxylation is 1. The highest BCUT2D eigenvalue weighted by atomic mass is 16.5. The standard InChI is InChI=1S/C17H22N2O2/c1-4-7-21-16-10-13(18)9-15(11-16)19-14-5-6-17(20-3)12(2)8-14/h5-6,8-11,19H,4,7,18H2,1-3H3. The predicted molar refractivity (Wildman–Crippen MR) is 87.7 cm³/mol. The molecule has 2 aromatic rings. The van der Waals surface area contributed by atoms with E-state index in [-0.39, 0.29) is 0 Å². The fourth-order valence-electron chi connectivity index (χ4n) is 2.12. The van der Waals surface area contributed by atoms with Gasteiger partial charge in [-0.3, -0.25) is 0 Å². The van der Waals surface area contributed by atoms with Gasteiger partial charge in [-0.15, -0.1) is 0 Å². The van der Waals surface area contributed by atoms with Crippen LogP contribution in [0.3, 0.4) is 0 Å². The quantitative estimate of drug-likeness (QED) is 0.784. The molecule has 0 saturated carbocycles. The summed E-state index contributed by atoms with van der Waals surface area (Å²) in [6, 6.07) is 11.6. The lowest BCUT2D eigenvalue weighted by Crippen LogP contribution is -1.98. The van der Waals surface area contributed by atoms with Crippen molar-refractivity contribution in [3.8, 4) is 11.5 Å². The van der Waals surface area contributed by atoms with Gasteiger partial charge in [-0.25, -0.2) is 0 Å². The first-order chi connectivity index (χ1) is 10.1. The first-order valence-electron chi connectivity index (χ1n) is 7.07. The van der Waals surface area contributed by atoms with Gasteiger partial charge in [0.2, 0.25) is 0 Å². The van der Waals surface area contributed by atoms with Crippen molar-refractivity contribution in [2.24, 2.45) is 0 Å². The third-order valence-corrected chi connectivity index (χ3v) is 3.09. The molecule has 0 aliphatic rings. The fraction of sp³-hybridized carbons (Fsp3) is 0.294. The molecule has 0 unspecified atom stereocenters. The zero-order valence-corrected chi connectivity index (χ0v) is 12.8. The van der Waals surface area contributed by atoms with Crippen molar-refractivity contribution in [1.82, 2.24) is 0 Å². The normalized spacial score (nSPS) is 10.2. The summed E-state index contributed by atoms with van der Waals surface area (Å²) in [5.41, 5.74) is 9.57. The number of nitrogens with one attached hydrogen (secondary N) is 1. The lowest BCUT2D eigenvalue weighted by Gasteiger charge is -2.12. The van der Waals surface area contributed by atoms with E-state index in [1.165, 1.54) is 0 Å². The van der Waals surface area contributed by atoms with E-state index in [0.717, 1.165) is 34.9 Å². The lowest BCUT2D eigenvalue weighted by molar-refractivity contribution is 0.318. The molecule has 2 aromatic carbocycles. The molecule has 0 amide bonds. The molecule has 3 N–H and O–H groups in total. The average Bonchev–Trinajstić information content (AvgIpc) is 2.45. The molecule has 112 valence electrons. The van der Waals surface area contributed by atoms with Crippen LogP contribution in [0, 0.1) is 6.92 Å². The molecular formula is C17H22N2O2. The Balaban J connectivity index is 2.18. The molecule has 0 spiro atoms. The second-order valence-electron chi connectivity index (χ2n) is 4.95. The molecule has 0 radical (unpaired) electrons. The van der Waals surface area contributed by atoms with Crippen molar-refractivity contribution >= 4 is 17.1 Å². The lowest BCUT2D eigenvalue weighted by atomic mass is 10.2. The van der Waals surface area contributed by atoms with Crippen molar-refractivity contribution in [1.29, 1.82) is 0 Å². The van der Waals surface area contributed by atoms with E-state index in [2.05, 4.69) is 12.2 Å². The number of ether oxygens (including phenoxy) is 2. The highest BCUT2D eigenvalue weighted by molar-refractivity contribution is 5.67. The number of hydrogen-bond donors (Lipinski definition) is 2. The summed E-state index contributed by atoms with van der Waals surface area (Å²) in [7, 11) is 1.67. The summed E-state index contributed by atoms with van der Waals surface area (Å²) in [4.78, 5) is 0. The molecule has 0 aromatic heterocycles. The SMILES string of the molecule is CCCOc1cc(N)cc(Nc2ccc(OC)c(C)c2)c1. The Morgan fingerprint density at radius 3 is 2.57 bits per heavy atom. The van der Waals surface area contributed by atoms with Crippen LogP contribution in [0.15, 0.2) is 36.4 Å². The van der Waals surface area contributed by atoms with E-state index in [9.17, 15) is 0 Å². The van der Waals surface area contributed by atoms with Crippen molar-refractivity contribution in [3.63, 3.8) is 0 Å². The number of nitrogen functional groups attached to an aromatic ring is 1. The maximum atomic E-state index is 5.92. The van der Waals surface area contributed by atoms with E-state index >= 15 is 0 Å². The van der Waals surface area contributed by atoms with Crippen molar-refractivity contribution in [3.05, 3.63) is 42.0 Å². The summed E-state index contributed by atoms with van der Waals surface area (Å²) >= 11 is 0. The minimum atomic E-state index is 0.677. The zero-order chi connectivity index (χ0) is 15.2. The van der Waals surface area contributed by atoms with Crippen LogP contribution in [0.25, 0.3) is 0 Å². The molecule has 0 aliphatic carbocycles. The molecule has 2 rings (SSSR count). The van der Waals surface area contributed by atoms with E-state index in [1.807, 2.05) is 43.3 Å². The highest BCUT2D eigenvalue weighted by Crippen LogP contribution is 2.28. The number of hydrogen-bond acceptors (Lipinski definition) is 4. The number of nitrogens with two attached hydrogens (primary N) is 1. The molecule has 0 saturated heterocycles. The fourth-order valence-corrected chi connectivity index (χ4v) is 2.12. The molecule has 0 fully saturated rings. The third kappa shape index (κ3) is 4.05. The molecule has 4 heteroatoms. The van der Waals surface area contributed by atoms with Gasteiger partial charge in [0, 0.05) is 29.2 Å². The van der Waals surface area contributed by atoms with Gasteiger partial charge in [0.05, 0.1) is 13.7 Å². The maximum Gasteiger partial charge on any atom is 0.123 e. The van der Waals surface area contributed by atoms with Gasteiger partial charge < -0.3 is 20.5 Å². The number of rotatable bonds is 6. The third-order valence-electron chi connectivity index (χ3n) is 3.09. The van der Waals surface area contributed by atoms with Gasteiger partial charge in [0.15, 0.2) is 0 Å². The summed E-state index contributed by atoms with van der Waals surface area (Å²) in [5.74, 6) is 1.66. The number of anilines is 3. The first kappa shape index (κ1) is 15.0. The minimum absolute atomic E-state index is 0.677. The van der Waals surface area contributed by atoms with Gasteiger partial charge in [0.25, 0.3) is 0 Å². The van der Waals surface area contributed by atoms with Crippen LogP contribution in [-0.4, -0.2) is 13.7 Å². The second-order valence-corrected chi connectivity index (χ2v) is 4.95. The summed E-state index contributed by atoms with van der Waals surface area (Å²) in [6.45, 7) is 4.77. The van der Waals surface area contributed by atoms with Crippen LogP contribution in [0.1, 0.15) is 18.9 Å². The molecule has 0 bridgehead atoms. The van der Waals surface area contributed by atoms with E-state index in [0.29, 0.717) is 12.3 Å². The van der Waals surface area contributed by atoms with Crippen LogP contribution in [0.2, 0.25) is 0 Å². The molecular weight excluding hydrogens is 264 g/mol. The summed E-state index contributed by atoms with van der Waals surface area (Å²) < 4.78 is 10.9. The van der Waals surface area contributed by atoms with E-state index < -0.39 is 0 Å². The topological polar surface area (TPSA) is 56.5 Å². The van der Waals surface area contributed by atoms with E-state index in [4.69, 9.17) is 15.2 Å². The van der Waals surface area contributed by atoms with Crippen molar-refractivity contribution < 1.29 is 9.47 Å². The molecule has 21 heavy (non-hydrogen) atoms. The van der Waals surface area contributed by atoms with Crippen LogP contribution in [-0.2, 0) is 0 Å². The van der Waals surface area contributed by atoms with Gasteiger partial charge in [-0.1, -0.05) is 6.92 Å². The van der Waals surface area contributed by atoms with Crippen molar-refractivity contribution in [2.45, 2.75) is 20.3 Å². The van der Waals surface area contributed by atoms with Gasteiger partial charge in [-0.05, 0) is 43.2 Å². The molecule has 0 aliphatic heterocycles. The van der Waals surface area contributed by atoms with Crippen molar-refractivity contribution in [2.75, 3.05) is 24.8 Å². The monoisotopic (exact) mass is 286 g/mol. The van der Waals surface area contributed by atoms with Crippen LogP contribution >= 0.6 is 0 Å². The Bertz CT molecular complexity index is 612. The number of benzene rings is 2. The highest BCUT2D eigenvalue weighted by Gasteiger charge is 2.03. The first-order valence-corrected chi connectivity index (χ1v) is 7.07. The summed E-state index contributed by atoms with van der Waals surface area (Å²) in [6.07, 6.45) is 0.967. The number of methoxy groups -OCH3 is 1. The summed E-state index contributed by atoms with van der Waals surface area (Å²) in [5, 5.41) is 3.34. The largest absolute Gasteiger partial charge is 0.496 e. The Morgan fingerprint density at radius 2 is 1.90 bits per heavy atom. The Morgan fingerprint density at radius 1 is 1.10 bits per heavy atom. The van der Waals surface area contributed by atoms with Crippen LogP contribution in [0.4, 0.5) is 17.1 Å². The molecule has 0 heterocycles.